The van der Waals surface area contributed by atoms with Crippen LogP contribution in [0.25, 0.3) is 0 Å². The number of anilines is 1. The third kappa shape index (κ3) is 4.27. The fourth-order valence-corrected chi connectivity index (χ4v) is 3.95. The molecule has 4 atom stereocenters. The molecule has 0 unspecified atom stereocenters. The minimum atomic E-state index is -4.95. The molecule has 184 valence electrons. The summed E-state index contributed by atoms with van der Waals surface area (Å²) >= 11 is 0. The quantitative estimate of drug-likeness (QED) is 0.491. The van der Waals surface area contributed by atoms with Crippen molar-refractivity contribution in [3.8, 4) is 5.75 Å². The predicted molar refractivity (Wildman–Crippen MR) is 105 cm³/mol. The Bertz CT molecular complexity index is 1140. The maximum absolute atomic E-state index is 14.4. The molecular weight excluding hydrogens is 472 g/mol. The minimum Gasteiger partial charge on any atom is -0.493 e. The van der Waals surface area contributed by atoms with Gasteiger partial charge in [0.25, 0.3) is 11.8 Å². The van der Waals surface area contributed by atoms with Crippen molar-refractivity contribution >= 4 is 17.5 Å². The second-order valence-corrected chi connectivity index (χ2v) is 7.86. The Morgan fingerprint density at radius 2 is 1.85 bits per heavy atom. The number of ether oxygens (including phenoxy) is 2. The second kappa shape index (κ2) is 8.78. The number of carbonyl (C=O) groups excluding carboxylic acids is 2. The lowest BCUT2D eigenvalue weighted by Gasteiger charge is -2.32. The first-order chi connectivity index (χ1) is 15.7. The van der Waals surface area contributed by atoms with Crippen LogP contribution in [0.5, 0.6) is 5.75 Å². The number of nitrogens with two attached hydrogens (primary N) is 1. The number of nitrogens with one attached hydrogen (secondary N) is 1. The number of pyridine rings is 1. The molecule has 2 aromatic rings. The lowest BCUT2D eigenvalue weighted by Crippen LogP contribution is -2.47. The molecule has 1 saturated heterocycles. The average molecular weight is 491 g/mol. The molecule has 2 amide bonds. The molecule has 0 aliphatic carbocycles. The van der Waals surface area contributed by atoms with Gasteiger partial charge in [-0.1, -0.05) is 13.0 Å². The molecule has 13 heteroatoms. The first-order valence-electron chi connectivity index (χ1n) is 9.76. The lowest BCUT2D eigenvalue weighted by atomic mass is 9.77. The molecule has 7 nitrogen and oxygen atoms in total. The van der Waals surface area contributed by atoms with E-state index in [1.54, 1.807) is 0 Å². The number of rotatable bonds is 5. The fraction of sp³-hybridized carbons (Fsp3) is 0.381. The van der Waals surface area contributed by atoms with Gasteiger partial charge in [-0.05, 0) is 19.1 Å². The van der Waals surface area contributed by atoms with Crippen LogP contribution >= 0.6 is 0 Å². The Morgan fingerprint density at radius 1 is 1.21 bits per heavy atom. The van der Waals surface area contributed by atoms with Gasteiger partial charge in [0, 0.05) is 29.2 Å². The van der Waals surface area contributed by atoms with Gasteiger partial charge in [-0.25, -0.2) is 9.37 Å². The maximum Gasteiger partial charge on any atom is 0.417 e. The zero-order valence-electron chi connectivity index (χ0n) is 18.0. The zero-order valence-corrected chi connectivity index (χ0v) is 18.0. The number of amides is 2. The molecule has 1 aliphatic heterocycles. The van der Waals surface area contributed by atoms with Crippen LogP contribution in [0, 0.1) is 23.5 Å². The van der Waals surface area contributed by atoms with E-state index >= 15 is 0 Å². The van der Waals surface area contributed by atoms with E-state index in [-0.39, 0.29) is 11.3 Å². The van der Waals surface area contributed by atoms with Crippen molar-refractivity contribution in [3.05, 3.63) is 53.1 Å². The fourth-order valence-electron chi connectivity index (χ4n) is 3.95. The maximum atomic E-state index is 14.4. The standard InChI is InChI=1S/C21H19F6N3O4/c1-8-14(10-4-5-11(22)15(24)16(10)33-3)17(34-20(8,2)21(25,26)27)19(32)29-9-6-12(18(28)31)30-13(23)7-9/h4-8,14,17H,1-3H3,(H2,28,31)(H,29,30,32)/t8-,14-,17-,20+/m1/s1. The average Bonchev–Trinajstić information content (AvgIpc) is 3.01. The summed E-state index contributed by atoms with van der Waals surface area (Å²) in [5, 5.41) is 2.17. The monoisotopic (exact) mass is 491 g/mol. The highest BCUT2D eigenvalue weighted by atomic mass is 19.4. The summed E-state index contributed by atoms with van der Waals surface area (Å²) in [5.74, 6) is -9.85. The van der Waals surface area contributed by atoms with Gasteiger partial charge in [0.2, 0.25) is 11.8 Å². The van der Waals surface area contributed by atoms with E-state index < -0.39 is 70.6 Å². The van der Waals surface area contributed by atoms with E-state index in [1.807, 2.05) is 0 Å². The van der Waals surface area contributed by atoms with Gasteiger partial charge in [-0.3, -0.25) is 9.59 Å². The van der Waals surface area contributed by atoms with Crippen molar-refractivity contribution in [1.29, 1.82) is 0 Å². The highest BCUT2D eigenvalue weighted by Crippen LogP contribution is 2.55. The summed E-state index contributed by atoms with van der Waals surface area (Å²) in [6.07, 6.45) is -6.85. The summed E-state index contributed by atoms with van der Waals surface area (Å²) in [4.78, 5) is 27.6. The van der Waals surface area contributed by atoms with Gasteiger partial charge in [0.1, 0.15) is 11.8 Å². The summed E-state index contributed by atoms with van der Waals surface area (Å²) in [5.41, 5.74) is 1.07. The Balaban J connectivity index is 2.09. The van der Waals surface area contributed by atoms with Gasteiger partial charge >= 0.3 is 6.18 Å². The number of aromatic nitrogens is 1. The topological polar surface area (TPSA) is 104 Å². The lowest BCUT2D eigenvalue weighted by molar-refractivity contribution is -0.272. The predicted octanol–water partition coefficient (Wildman–Crippen LogP) is 3.68. The number of nitrogens with zero attached hydrogens (tertiary/aromatic N) is 1. The van der Waals surface area contributed by atoms with Crippen LogP contribution in [0.3, 0.4) is 0 Å². The van der Waals surface area contributed by atoms with Crippen molar-refractivity contribution in [2.75, 3.05) is 12.4 Å². The van der Waals surface area contributed by atoms with Gasteiger partial charge in [-0.2, -0.15) is 22.0 Å². The number of carbonyl (C=O) groups is 2. The smallest absolute Gasteiger partial charge is 0.417 e. The van der Waals surface area contributed by atoms with Gasteiger partial charge in [0.05, 0.1) is 7.11 Å². The summed E-state index contributed by atoms with van der Waals surface area (Å²) in [7, 11) is 0.991. The number of hydrogen-bond acceptors (Lipinski definition) is 5. The molecule has 0 bridgehead atoms. The van der Waals surface area contributed by atoms with Crippen LogP contribution in [0.4, 0.5) is 32.0 Å². The number of hydrogen-bond donors (Lipinski definition) is 2. The van der Waals surface area contributed by atoms with Gasteiger partial charge in [-0.15, -0.1) is 0 Å². The number of alkyl halides is 3. The van der Waals surface area contributed by atoms with Crippen molar-refractivity contribution in [3.63, 3.8) is 0 Å². The van der Waals surface area contributed by atoms with Crippen molar-refractivity contribution in [1.82, 2.24) is 4.98 Å². The first kappa shape index (κ1) is 25.3. The first-order valence-corrected chi connectivity index (χ1v) is 9.76. The highest BCUT2D eigenvalue weighted by Gasteiger charge is 2.65. The number of halogens is 6. The van der Waals surface area contributed by atoms with Gasteiger partial charge < -0.3 is 20.5 Å². The molecule has 2 heterocycles. The van der Waals surface area contributed by atoms with Crippen molar-refractivity contribution in [2.45, 2.75) is 37.6 Å². The number of methoxy groups -OCH3 is 1. The van der Waals surface area contributed by atoms with Gasteiger partial charge in [0.15, 0.2) is 17.2 Å². The molecule has 3 N–H and O–H groups in total. The van der Waals surface area contributed by atoms with E-state index in [1.165, 1.54) is 0 Å². The molecule has 34 heavy (non-hydrogen) atoms. The Labute approximate surface area is 189 Å². The van der Waals surface area contributed by atoms with E-state index in [4.69, 9.17) is 15.2 Å². The Kier molecular flexibility index (Phi) is 6.53. The van der Waals surface area contributed by atoms with E-state index in [2.05, 4.69) is 10.3 Å². The molecule has 1 fully saturated rings. The summed E-state index contributed by atoms with van der Waals surface area (Å²) < 4.78 is 93.7. The molecule has 0 radical (unpaired) electrons. The minimum absolute atomic E-state index is 0.235. The highest BCUT2D eigenvalue weighted by molar-refractivity contribution is 5.97. The molecular formula is C21H19F6N3O4. The van der Waals surface area contributed by atoms with Crippen LogP contribution in [-0.2, 0) is 9.53 Å². The molecule has 0 saturated carbocycles. The van der Waals surface area contributed by atoms with Crippen LogP contribution in [0.1, 0.15) is 35.8 Å². The number of primary amides is 1. The van der Waals surface area contributed by atoms with E-state index in [0.717, 1.165) is 33.1 Å². The van der Waals surface area contributed by atoms with Crippen LogP contribution in [-0.4, -0.2) is 41.8 Å². The van der Waals surface area contributed by atoms with E-state index in [0.29, 0.717) is 12.1 Å². The van der Waals surface area contributed by atoms with Crippen LogP contribution in [0.2, 0.25) is 0 Å². The molecule has 1 aliphatic rings. The second-order valence-electron chi connectivity index (χ2n) is 7.86. The van der Waals surface area contributed by atoms with Crippen molar-refractivity contribution in [2.24, 2.45) is 11.7 Å². The molecule has 1 aromatic carbocycles. The molecule has 1 aromatic heterocycles. The normalized spacial score (nSPS) is 24.7. The third-order valence-electron chi connectivity index (χ3n) is 5.88. The Hall–Kier alpha value is -3.35. The summed E-state index contributed by atoms with van der Waals surface area (Å²) in [6, 6.07) is 3.31. The van der Waals surface area contributed by atoms with Crippen molar-refractivity contribution < 1.29 is 45.4 Å². The van der Waals surface area contributed by atoms with E-state index in [9.17, 15) is 35.9 Å². The molecule has 0 spiro atoms. The van der Waals surface area contributed by atoms with Crippen LogP contribution in [0.15, 0.2) is 24.3 Å². The molecule has 3 rings (SSSR count). The number of benzene rings is 1. The largest absolute Gasteiger partial charge is 0.493 e. The third-order valence-corrected chi connectivity index (χ3v) is 5.88. The summed E-state index contributed by atoms with van der Waals surface area (Å²) in [6.45, 7) is 1.87. The Morgan fingerprint density at radius 3 is 2.41 bits per heavy atom. The van der Waals surface area contributed by atoms with Crippen LogP contribution < -0.4 is 15.8 Å². The zero-order chi connectivity index (χ0) is 25.6. The SMILES string of the molecule is COc1c([C@H]2[C@@H](C)[C@@](C)(C(F)(F)F)O[C@H]2C(=O)Nc2cc(F)nc(C(N)=O)c2)ccc(F)c1F.